The molecule has 0 atom stereocenters. The van der Waals surface area contributed by atoms with Crippen LogP contribution in [0.3, 0.4) is 0 Å². The van der Waals surface area contributed by atoms with Crippen LogP contribution in [0.2, 0.25) is 5.02 Å². The molecule has 0 bridgehead atoms. The summed E-state index contributed by atoms with van der Waals surface area (Å²) in [5.74, 6) is 0. The first kappa shape index (κ1) is 14.8. The molecular formula is C13H13ClN4O. The number of carbonyl (C=O) groups excluding carboxylic acids is 1. The van der Waals surface area contributed by atoms with Gasteiger partial charge in [0.25, 0.3) is 0 Å². The molecule has 98 valence electrons. The maximum Gasteiger partial charge on any atom is 0.320 e. The number of anilines is 1. The van der Waals surface area contributed by atoms with Crippen molar-refractivity contribution in [3.8, 4) is 12.1 Å². The first-order valence-corrected chi connectivity index (χ1v) is 5.88. The van der Waals surface area contributed by atoms with Gasteiger partial charge in [-0.25, -0.2) is 4.79 Å². The van der Waals surface area contributed by atoms with Crippen LogP contribution >= 0.6 is 11.6 Å². The molecule has 2 amide bonds. The molecule has 0 aromatic heterocycles. The standard InChI is InChI=1S/C13H13ClN4O/c1-8-10(5-4-9(6-15)11(8)14)17-12(19)18-13(2,3)7-16/h4-5H,1-3H3,(H2,17,18,19). The Labute approximate surface area is 116 Å². The third-order valence-corrected chi connectivity index (χ3v) is 2.95. The van der Waals surface area contributed by atoms with Gasteiger partial charge in [0.15, 0.2) is 0 Å². The molecule has 6 heteroatoms. The summed E-state index contributed by atoms with van der Waals surface area (Å²) in [5, 5.41) is 23.1. The van der Waals surface area contributed by atoms with E-state index in [-0.39, 0.29) is 0 Å². The molecule has 0 aliphatic carbocycles. The molecule has 2 N–H and O–H groups in total. The molecule has 0 fully saturated rings. The van der Waals surface area contributed by atoms with Crippen molar-refractivity contribution < 1.29 is 4.79 Å². The summed E-state index contributed by atoms with van der Waals surface area (Å²) in [7, 11) is 0. The van der Waals surface area contributed by atoms with Gasteiger partial charge in [0.05, 0.1) is 16.7 Å². The molecule has 0 aliphatic rings. The van der Waals surface area contributed by atoms with Crippen LogP contribution in [0.15, 0.2) is 12.1 Å². The molecule has 0 unspecified atom stereocenters. The monoisotopic (exact) mass is 276 g/mol. The van der Waals surface area contributed by atoms with Crippen LogP contribution in [0.25, 0.3) is 0 Å². The second-order valence-electron chi connectivity index (χ2n) is 4.53. The van der Waals surface area contributed by atoms with Crippen LogP contribution < -0.4 is 10.6 Å². The largest absolute Gasteiger partial charge is 0.320 e. The van der Waals surface area contributed by atoms with Crippen molar-refractivity contribution in [3.63, 3.8) is 0 Å². The lowest BCUT2D eigenvalue weighted by Gasteiger charge is -2.18. The number of nitrogens with one attached hydrogen (secondary N) is 2. The van der Waals surface area contributed by atoms with Gasteiger partial charge >= 0.3 is 6.03 Å². The van der Waals surface area contributed by atoms with E-state index in [0.29, 0.717) is 21.8 Å². The Morgan fingerprint density at radius 1 is 1.37 bits per heavy atom. The van der Waals surface area contributed by atoms with Crippen LogP contribution in [0.1, 0.15) is 25.0 Å². The predicted molar refractivity (Wildman–Crippen MR) is 72.8 cm³/mol. The quantitative estimate of drug-likeness (QED) is 0.870. The molecule has 19 heavy (non-hydrogen) atoms. The van der Waals surface area contributed by atoms with E-state index < -0.39 is 11.6 Å². The lowest BCUT2D eigenvalue weighted by molar-refractivity contribution is 0.246. The maximum atomic E-state index is 11.7. The van der Waals surface area contributed by atoms with Crippen molar-refractivity contribution in [1.29, 1.82) is 10.5 Å². The van der Waals surface area contributed by atoms with Crippen molar-refractivity contribution in [2.24, 2.45) is 0 Å². The average Bonchev–Trinajstić information content (AvgIpc) is 2.35. The molecule has 1 aromatic carbocycles. The van der Waals surface area contributed by atoms with Gasteiger partial charge in [0.2, 0.25) is 0 Å². The third kappa shape index (κ3) is 3.61. The SMILES string of the molecule is Cc1c(NC(=O)NC(C)(C)C#N)ccc(C#N)c1Cl. The minimum atomic E-state index is -0.964. The van der Waals surface area contributed by atoms with E-state index in [2.05, 4.69) is 10.6 Å². The molecular weight excluding hydrogens is 264 g/mol. The Morgan fingerprint density at radius 3 is 2.53 bits per heavy atom. The molecule has 0 spiro atoms. The normalized spacial score (nSPS) is 10.2. The fraction of sp³-hybridized carbons (Fsp3) is 0.308. The number of urea groups is 1. The number of halogens is 1. The molecule has 0 heterocycles. The highest BCUT2D eigenvalue weighted by atomic mass is 35.5. The van der Waals surface area contributed by atoms with E-state index in [1.54, 1.807) is 26.8 Å². The molecule has 1 rings (SSSR count). The molecule has 0 saturated heterocycles. The van der Waals surface area contributed by atoms with Crippen molar-refractivity contribution in [2.45, 2.75) is 26.3 Å². The van der Waals surface area contributed by atoms with E-state index in [9.17, 15) is 4.79 Å². The number of carbonyl (C=O) groups is 1. The maximum absolute atomic E-state index is 11.7. The zero-order chi connectivity index (χ0) is 14.6. The number of hydrogen-bond donors (Lipinski definition) is 2. The molecule has 5 nitrogen and oxygen atoms in total. The average molecular weight is 277 g/mol. The highest BCUT2D eigenvalue weighted by Gasteiger charge is 2.20. The van der Waals surface area contributed by atoms with E-state index in [1.165, 1.54) is 6.07 Å². The Kier molecular flexibility index (Phi) is 4.37. The van der Waals surface area contributed by atoms with Gasteiger partial charge < -0.3 is 10.6 Å². The van der Waals surface area contributed by atoms with Crippen LogP contribution in [-0.4, -0.2) is 11.6 Å². The summed E-state index contributed by atoms with van der Waals surface area (Å²) >= 11 is 6.00. The summed E-state index contributed by atoms with van der Waals surface area (Å²) in [6.45, 7) is 4.88. The van der Waals surface area contributed by atoms with Gasteiger partial charge in [-0.3, -0.25) is 0 Å². The Morgan fingerprint density at radius 2 is 2.00 bits per heavy atom. The Bertz CT molecular complexity index is 596. The minimum absolute atomic E-state index is 0.305. The van der Waals surface area contributed by atoms with E-state index in [4.69, 9.17) is 22.1 Å². The third-order valence-electron chi connectivity index (χ3n) is 2.46. The summed E-state index contributed by atoms with van der Waals surface area (Å²) in [6.07, 6.45) is 0. The molecule has 1 aromatic rings. The fourth-order valence-corrected chi connectivity index (χ4v) is 1.58. The Hall–Kier alpha value is -2.24. The second kappa shape index (κ2) is 5.60. The number of rotatable bonds is 2. The first-order valence-electron chi connectivity index (χ1n) is 5.50. The molecule has 0 saturated carbocycles. The van der Waals surface area contributed by atoms with Gasteiger partial charge in [0.1, 0.15) is 11.6 Å². The summed E-state index contributed by atoms with van der Waals surface area (Å²) in [4.78, 5) is 11.7. The van der Waals surface area contributed by atoms with Crippen molar-refractivity contribution in [3.05, 3.63) is 28.3 Å². The fourth-order valence-electron chi connectivity index (χ4n) is 1.37. The van der Waals surface area contributed by atoms with Crippen LogP contribution in [-0.2, 0) is 0 Å². The van der Waals surface area contributed by atoms with Crippen molar-refractivity contribution >= 4 is 23.3 Å². The van der Waals surface area contributed by atoms with Gasteiger partial charge in [-0.05, 0) is 38.5 Å². The zero-order valence-electron chi connectivity index (χ0n) is 10.8. The van der Waals surface area contributed by atoms with Crippen LogP contribution in [0.5, 0.6) is 0 Å². The van der Waals surface area contributed by atoms with E-state index >= 15 is 0 Å². The smallest absolute Gasteiger partial charge is 0.320 e. The minimum Gasteiger partial charge on any atom is -0.320 e. The van der Waals surface area contributed by atoms with Crippen molar-refractivity contribution in [2.75, 3.05) is 5.32 Å². The zero-order valence-corrected chi connectivity index (χ0v) is 11.6. The van der Waals surface area contributed by atoms with Crippen molar-refractivity contribution in [1.82, 2.24) is 5.32 Å². The molecule has 0 radical (unpaired) electrons. The number of nitriles is 2. The summed E-state index contributed by atoms with van der Waals surface area (Å²) < 4.78 is 0. The number of nitrogens with zero attached hydrogens (tertiary/aromatic N) is 2. The predicted octanol–water partition coefficient (Wildman–Crippen LogP) is 2.94. The number of hydrogen-bond acceptors (Lipinski definition) is 3. The summed E-state index contributed by atoms with van der Waals surface area (Å²) in [5.41, 5.74) is 0.484. The number of amides is 2. The highest BCUT2D eigenvalue weighted by Crippen LogP contribution is 2.26. The van der Waals surface area contributed by atoms with Gasteiger partial charge in [-0.2, -0.15) is 10.5 Å². The van der Waals surface area contributed by atoms with Crippen LogP contribution in [0.4, 0.5) is 10.5 Å². The van der Waals surface area contributed by atoms with E-state index in [0.717, 1.165) is 0 Å². The Balaban J connectivity index is 2.91. The summed E-state index contributed by atoms with van der Waals surface area (Å²) in [6, 6.07) is 6.54. The topological polar surface area (TPSA) is 88.7 Å². The highest BCUT2D eigenvalue weighted by molar-refractivity contribution is 6.33. The molecule has 0 aliphatic heterocycles. The van der Waals surface area contributed by atoms with Gasteiger partial charge in [0, 0.05) is 5.69 Å². The van der Waals surface area contributed by atoms with Gasteiger partial charge in [-0.1, -0.05) is 11.6 Å². The second-order valence-corrected chi connectivity index (χ2v) is 4.91. The van der Waals surface area contributed by atoms with Gasteiger partial charge in [-0.15, -0.1) is 0 Å². The first-order chi connectivity index (χ1) is 8.80. The lowest BCUT2D eigenvalue weighted by atomic mass is 10.1. The lowest BCUT2D eigenvalue weighted by Crippen LogP contribution is -2.44. The number of benzene rings is 1. The van der Waals surface area contributed by atoms with Crippen LogP contribution in [0, 0.1) is 29.6 Å². The van der Waals surface area contributed by atoms with E-state index in [1.807, 2.05) is 12.1 Å².